The first kappa shape index (κ1) is 29.0. The van der Waals surface area contributed by atoms with Crippen LogP contribution in [0.25, 0.3) is 22.1 Å². The lowest BCUT2D eigenvalue weighted by atomic mass is 9.97. The Hall–Kier alpha value is -3.56. The molecule has 10 heteroatoms. The molecule has 1 saturated heterocycles. The highest BCUT2D eigenvalue weighted by Crippen LogP contribution is 2.29. The van der Waals surface area contributed by atoms with Crippen LogP contribution in [0.1, 0.15) is 16.1 Å². The lowest BCUT2D eigenvalue weighted by Gasteiger charge is -2.26. The largest absolute Gasteiger partial charge is 0.508 e. The number of carbonyl (C=O) groups is 1. The highest BCUT2D eigenvalue weighted by Gasteiger charge is 2.23. The van der Waals surface area contributed by atoms with Crippen molar-refractivity contribution in [2.24, 2.45) is 0 Å². The molecule has 3 aromatic carbocycles. The molecular formula is C28H28Cl2N2O6. The highest BCUT2D eigenvalue weighted by atomic mass is 35.5. The number of ether oxygens (including phenoxy) is 1. The van der Waals surface area contributed by atoms with E-state index >= 15 is 0 Å². The topological polar surface area (TPSA) is 112 Å². The van der Waals surface area contributed by atoms with Gasteiger partial charge in [0.2, 0.25) is 11.2 Å². The number of hydrogen-bond donors (Lipinski definition) is 3. The Kier molecular flexibility index (Phi) is 9.77. The highest BCUT2D eigenvalue weighted by molar-refractivity contribution is 6.11. The smallest absolute Gasteiger partial charge is 0.229 e. The number of nitrogens with zero attached hydrogens (tertiary/aromatic N) is 1. The molecule has 1 aromatic heterocycles. The molecule has 38 heavy (non-hydrogen) atoms. The van der Waals surface area contributed by atoms with Gasteiger partial charge in [0.05, 0.1) is 10.9 Å². The summed E-state index contributed by atoms with van der Waals surface area (Å²) >= 11 is 0. The van der Waals surface area contributed by atoms with Crippen LogP contribution in [0.2, 0.25) is 0 Å². The maximum Gasteiger partial charge on any atom is 0.229 e. The first-order valence-electron chi connectivity index (χ1n) is 11.8. The molecule has 200 valence electrons. The zero-order valence-corrected chi connectivity index (χ0v) is 22.0. The van der Waals surface area contributed by atoms with Gasteiger partial charge in [0, 0.05) is 44.4 Å². The van der Waals surface area contributed by atoms with Crippen molar-refractivity contribution in [3.8, 4) is 28.4 Å². The van der Waals surface area contributed by atoms with Crippen LogP contribution < -0.4 is 15.5 Å². The number of benzene rings is 3. The number of fused-ring (bicyclic) bond motifs is 1. The van der Waals surface area contributed by atoms with E-state index in [4.69, 9.17) is 9.15 Å². The number of aromatic hydroxyl groups is 2. The normalized spacial score (nSPS) is 13.4. The summed E-state index contributed by atoms with van der Waals surface area (Å²) in [6.07, 6.45) is 0. The van der Waals surface area contributed by atoms with E-state index in [2.05, 4.69) is 10.2 Å². The van der Waals surface area contributed by atoms with Crippen molar-refractivity contribution in [1.29, 1.82) is 0 Å². The predicted octanol–water partition coefficient (Wildman–Crippen LogP) is 4.23. The van der Waals surface area contributed by atoms with Gasteiger partial charge in [-0.05, 0) is 54.1 Å². The molecule has 4 aromatic rings. The lowest BCUT2D eigenvalue weighted by molar-refractivity contribution is 0.101. The third kappa shape index (κ3) is 6.28. The van der Waals surface area contributed by atoms with Gasteiger partial charge in [-0.25, -0.2) is 0 Å². The molecule has 0 unspecified atom stereocenters. The van der Waals surface area contributed by atoms with Crippen LogP contribution in [0.3, 0.4) is 0 Å². The van der Waals surface area contributed by atoms with E-state index in [1.165, 1.54) is 30.3 Å². The molecule has 0 bridgehead atoms. The van der Waals surface area contributed by atoms with Crippen LogP contribution in [0.5, 0.6) is 17.2 Å². The van der Waals surface area contributed by atoms with Crippen molar-refractivity contribution in [2.75, 3.05) is 39.3 Å². The molecule has 0 spiro atoms. The van der Waals surface area contributed by atoms with Gasteiger partial charge >= 0.3 is 0 Å². The zero-order chi connectivity index (χ0) is 25.1. The lowest BCUT2D eigenvalue weighted by Crippen LogP contribution is -2.44. The van der Waals surface area contributed by atoms with Crippen LogP contribution in [-0.2, 0) is 0 Å². The third-order valence-corrected chi connectivity index (χ3v) is 6.24. The summed E-state index contributed by atoms with van der Waals surface area (Å²) < 4.78 is 11.7. The maximum atomic E-state index is 13.5. The van der Waals surface area contributed by atoms with Crippen LogP contribution in [0.4, 0.5) is 0 Å². The van der Waals surface area contributed by atoms with E-state index in [0.29, 0.717) is 23.5 Å². The number of ketones is 1. The molecule has 1 aliphatic rings. The number of piperazine rings is 1. The predicted molar refractivity (Wildman–Crippen MR) is 150 cm³/mol. The van der Waals surface area contributed by atoms with Gasteiger partial charge in [0.1, 0.15) is 29.4 Å². The van der Waals surface area contributed by atoms with Gasteiger partial charge in [-0.2, -0.15) is 0 Å². The van der Waals surface area contributed by atoms with Crippen molar-refractivity contribution in [1.82, 2.24) is 10.2 Å². The number of hydrogen-bond acceptors (Lipinski definition) is 8. The first-order chi connectivity index (χ1) is 17.5. The van der Waals surface area contributed by atoms with E-state index in [9.17, 15) is 19.8 Å². The van der Waals surface area contributed by atoms with E-state index in [1.807, 2.05) is 0 Å². The standard InChI is InChI=1S/C28H26N2O6.2ClH/c31-20-5-1-18(2-6-20)25-27(34)23-10-7-21(32)17-24(23)36-28(25)26(33)19-3-8-22(9-4-19)35-16-15-30-13-11-29-12-14-30;;/h1-10,17,29,31-32H,11-16H2;2*1H. The Labute approximate surface area is 231 Å². The Balaban J connectivity index is 0.00000200. The Morgan fingerprint density at radius 3 is 2.26 bits per heavy atom. The Morgan fingerprint density at radius 1 is 0.921 bits per heavy atom. The third-order valence-electron chi connectivity index (χ3n) is 6.24. The summed E-state index contributed by atoms with van der Waals surface area (Å²) in [4.78, 5) is 29.3. The second kappa shape index (κ2) is 12.8. The van der Waals surface area contributed by atoms with Crippen LogP contribution in [0.15, 0.2) is 75.9 Å². The van der Waals surface area contributed by atoms with E-state index in [-0.39, 0.29) is 58.6 Å². The molecule has 5 rings (SSSR count). The summed E-state index contributed by atoms with van der Waals surface area (Å²) in [5.41, 5.74) is 0.561. The molecule has 0 radical (unpaired) electrons. The van der Waals surface area contributed by atoms with Crippen molar-refractivity contribution in [3.63, 3.8) is 0 Å². The minimum Gasteiger partial charge on any atom is -0.508 e. The van der Waals surface area contributed by atoms with Crippen LogP contribution in [-0.4, -0.2) is 60.2 Å². The Bertz CT molecular complexity index is 1450. The molecule has 2 heterocycles. The second-order valence-corrected chi connectivity index (χ2v) is 8.66. The Morgan fingerprint density at radius 2 is 1.58 bits per heavy atom. The minimum atomic E-state index is -0.479. The fourth-order valence-corrected chi connectivity index (χ4v) is 4.29. The molecule has 1 fully saturated rings. The van der Waals surface area contributed by atoms with Crippen molar-refractivity contribution in [3.05, 3.63) is 88.3 Å². The molecule has 8 nitrogen and oxygen atoms in total. The molecule has 0 saturated carbocycles. The van der Waals surface area contributed by atoms with E-state index in [1.54, 1.807) is 36.4 Å². The molecule has 3 N–H and O–H groups in total. The number of rotatable bonds is 7. The summed E-state index contributed by atoms with van der Waals surface area (Å²) in [5.74, 6) is -0.0210. The summed E-state index contributed by atoms with van der Waals surface area (Å²) in [7, 11) is 0. The average molecular weight is 559 g/mol. The molecule has 1 aliphatic heterocycles. The quantitative estimate of drug-likeness (QED) is 0.289. The fourth-order valence-electron chi connectivity index (χ4n) is 4.29. The maximum absolute atomic E-state index is 13.5. The van der Waals surface area contributed by atoms with Crippen LogP contribution >= 0.6 is 24.8 Å². The molecule has 0 atom stereocenters. The monoisotopic (exact) mass is 558 g/mol. The number of phenols is 2. The summed E-state index contributed by atoms with van der Waals surface area (Å²) in [5, 5.41) is 23.1. The van der Waals surface area contributed by atoms with Gasteiger partial charge in [-0.15, -0.1) is 24.8 Å². The van der Waals surface area contributed by atoms with Gasteiger partial charge < -0.3 is 24.7 Å². The molecule has 0 amide bonds. The van der Waals surface area contributed by atoms with E-state index in [0.717, 1.165) is 32.7 Å². The minimum absolute atomic E-state index is 0. The van der Waals surface area contributed by atoms with Gasteiger partial charge in [-0.1, -0.05) is 12.1 Å². The SMILES string of the molecule is Cl.Cl.O=C(c1ccc(OCCN2CCNCC2)cc1)c1oc2cc(O)ccc2c(=O)c1-c1ccc(O)cc1. The number of carbonyl (C=O) groups excluding carboxylic acids is 1. The van der Waals surface area contributed by atoms with Crippen molar-refractivity contribution < 1.29 is 24.2 Å². The fraction of sp³-hybridized carbons (Fsp3) is 0.214. The van der Waals surface area contributed by atoms with Gasteiger partial charge in [0.25, 0.3) is 0 Å². The number of phenolic OH excluding ortho intramolecular Hbond substituents is 2. The average Bonchev–Trinajstić information content (AvgIpc) is 2.90. The van der Waals surface area contributed by atoms with E-state index < -0.39 is 11.2 Å². The zero-order valence-electron chi connectivity index (χ0n) is 20.4. The molecular weight excluding hydrogens is 531 g/mol. The second-order valence-electron chi connectivity index (χ2n) is 8.66. The summed E-state index contributed by atoms with van der Waals surface area (Å²) in [6.45, 7) is 5.32. The van der Waals surface area contributed by atoms with Gasteiger partial charge in [-0.3, -0.25) is 14.5 Å². The van der Waals surface area contributed by atoms with Gasteiger partial charge in [0.15, 0.2) is 5.76 Å². The molecule has 0 aliphatic carbocycles. The van der Waals surface area contributed by atoms with Crippen LogP contribution in [0, 0.1) is 0 Å². The number of halogens is 2. The van der Waals surface area contributed by atoms with Crippen molar-refractivity contribution >= 4 is 41.6 Å². The number of nitrogens with one attached hydrogen (secondary N) is 1. The first-order valence-corrected chi connectivity index (χ1v) is 11.8. The van der Waals surface area contributed by atoms with Crippen molar-refractivity contribution in [2.45, 2.75) is 0 Å². The summed E-state index contributed by atoms with van der Waals surface area (Å²) in [6, 6.07) is 16.9.